The molecule has 0 aromatic heterocycles. The predicted octanol–water partition coefficient (Wildman–Crippen LogP) is 3.94. The summed E-state index contributed by atoms with van der Waals surface area (Å²) in [7, 11) is 5.48. The lowest BCUT2D eigenvalue weighted by Crippen LogP contribution is -2.50. The van der Waals surface area contributed by atoms with E-state index in [0.29, 0.717) is 5.41 Å². The zero-order valence-electron chi connectivity index (χ0n) is 18.5. The minimum Gasteiger partial charge on any atom is -0.356 e. The lowest BCUT2D eigenvalue weighted by Gasteiger charge is -2.44. The van der Waals surface area contributed by atoms with Crippen LogP contribution in [-0.4, -0.2) is 62.4 Å². The fourth-order valence-electron chi connectivity index (χ4n) is 5.04. The number of nitrogens with zero attached hydrogens (tertiary/aromatic N) is 3. The van der Waals surface area contributed by atoms with Crippen molar-refractivity contribution in [2.75, 3.05) is 40.8 Å². The van der Waals surface area contributed by atoms with Crippen molar-refractivity contribution in [3.63, 3.8) is 0 Å². The second kappa shape index (κ2) is 10.1. The fraction of sp³-hybridized carbons (Fsp3) is 0.667. The highest BCUT2D eigenvalue weighted by Crippen LogP contribution is 2.42. The fourth-order valence-corrected chi connectivity index (χ4v) is 5.04. The van der Waals surface area contributed by atoms with Crippen LogP contribution in [0.3, 0.4) is 0 Å². The van der Waals surface area contributed by atoms with E-state index < -0.39 is 0 Å². The number of rotatable bonds is 4. The number of aliphatic imine (C=N–C) groups is 1. The van der Waals surface area contributed by atoms with E-state index in [1.165, 1.54) is 56.9 Å². The molecule has 1 heterocycles. The van der Waals surface area contributed by atoms with Crippen LogP contribution in [0.5, 0.6) is 0 Å². The van der Waals surface area contributed by atoms with Gasteiger partial charge in [-0.2, -0.15) is 0 Å². The van der Waals surface area contributed by atoms with Crippen LogP contribution >= 0.6 is 0 Å². The molecule has 1 aromatic rings. The third-order valence-electron chi connectivity index (χ3n) is 6.61. The number of hydrogen-bond donors (Lipinski definition) is 1. The first-order valence-corrected chi connectivity index (χ1v) is 11.3. The van der Waals surface area contributed by atoms with Gasteiger partial charge in [-0.3, -0.25) is 9.79 Å². The SMILES string of the molecule is CN=C(NCCc1cccc(C(=O)N(C)C)c1)N1CCCC2(CCCCCC2)C1. The highest BCUT2D eigenvalue weighted by atomic mass is 16.2. The standard InChI is InChI=1S/C24H38N4O/c1-25-23(28-17-9-15-24(19-28)13-6-4-5-7-14-24)26-16-12-20-10-8-11-21(18-20)22(29)27(2)3/h8,10-11,18H,4-7,9,12-17,19H2,1-3H3,(H,25,26). The Bertz CT molecular complexity index is 705. The number of piperidine rings is 1. The molecule has 5 nitrogen and oxygen atoms in total. The molecule has 0 bridgehead atoms. The number of carbonyl (C=O) groups excluding carboxylic acids is 1. The van der Waals surface area contributed by atoms with Gasteiger partial charge in [-0.1, -0.05) is 37.8 Å². The third kappa shape index (κ3) is 5.74. The zero-order valence-corrected chi connectivity index (χ0v) is 18.5. The smallest absolute Gasteiger partial charge is 0.253 e. The topological polar surface area (TPSA) is 47.9 Å². The number of nitrogens with one attached hydrogen (secondary N) is 1. The Hall–Kier alpha value is -2.04. The van der Waals surface area contributed by atoms with E-state index in [-0.39, 0.29) is 5.91 Å². The van der Waals surface area contributed by atoms with Gasteiger partial charge in [0.25, 0.3) is 5.91 Å². The first-order valence-electron chi connectivity index (χ1n) is 11.3. The largest absolute Gasteiger partial charge is 0.356 e. The van der Waals surface area contributed by atoms with Crippen LogP contribution in [0.4, 0.5) is 0 Å². The number of carbonyl (C=O) groups is 1. The minimum atomic E-state index is 0.0534. The first-order chi connectivity index (χ1) is 14.0. The van der Waals surface area contributed by atoms with Gasteiger partial charge in [-0.15, -0.1) is 0 Å². The lowest BCUT2D eigenvalue weighted by molar-refractivity contribution is 0.0827. The highest BCUT2D eigenvalue weighted by Gasteiger charge is 2.36. The van der Waals surface area contributed by atoms with Crippen molar-refractivity contribution in [3.05, 3.63) is 35.4 Å². The van der Waals surface area contributed by atoms with Crippen LogP contribution in [0.1, 0.15) is 67.3 Å². The van der Waals surface area contributed by atoms with E-state index in [2.05, 4.69) is 21.3 Å². The van der Waals surface area contributed by atoms with E-state index in [4.69, 9.17) is 0 Å². The molecule has 0 radical (unpaired) electrons. The highest BCUT2D eigenvalue weighted by molar-refractivity contribution is 5.94. The summed E-state index contributed by atoms with van der Waals surface area (Å²) in [6, 6.07) is 7.96. The van der Waals surface area contributed by atoms with Gasteiger partial charge in [0.2, 0.25) is 0 Å². The van der Waals surface area contributed by atoms with E-state index >= 15 is 0 Å². The van der Waals surface area contributed by atoms with E-state index in [0.717, 1.165) is 37.6 Å². The molecule has 1 saturated heterocycles. The first kappa shape index (κ1) is 21.7. The lowest BCUT2D eigenvalue weighted by atomic mass is 9.74. The van der Waals surface area contributed by atoms with Gasteiger partial charge >= 0.3 is 0 Å². The Labute approximate surface area is 176 Å². The molecule has 3 rings (SSSR count). The molecule has 1 spiro atoms. The molecule has 0 atom stereocenters. The molecule has 5 heteroatoms. The van der Waals surface area contributed by atoms with Crippen molar-refractivity contribution < 1.29 is 4.79 Å². The van der Waals surface area contributed by atoms with E-state index in [9.17, 15) is 4.79 Å². The molecule has 1 N–H and O–H groups in total. The van der Waals surface area contributed by atoms with Crippen molar-refractivity contribution >= 4 is 11.9 Å². The van der Waals surface area contributed by atoms with Crippen LogP contribution in [0, 0.1) is 5.41 Å². The molecule has 1 amide bonds. The van der Waals surface area contributed by atoms with Gasteiger partial charge in [-0.25, -0.2) is 0 Å². The van der Waals surface area contributed by atoms with Gasteiger partial charge in [-0.05, 0) is 55.2 Å². The average molecular weight is 399 g/mol. The molecule has 1 aliphatic carbocycles. The van der Waals surface area contributed by atoms with Crippen LogP contribution < -0.4 is 5.32 Å². The summed E-state index contributed by atoms with van der Waals surface area (Å²) in [5.41, 5.74) is 2.44. The summed E-state index contributed by atoms with van der Waals surface area (Å²) in [5.74, 6) is 1.09. The predicted molar refractivity (Wildman–Crippen MR) is 120 cm³/mol. The van der Waals surface area contributed by atoms with Gasteiger partial charge < -0.3 is 15.1 Å². The van der Waals surface area contributed by atoms with Gasteiger partial charge in [0.05, 0.1) is 0 Å². The quantitative estimate of drug-likeness (QED) is 0.617. The Morgan fingerprint density at radius 1 is 1.14 bits per heavy atom. The molecule has 1 saturated carbocycles. The van der Waals surface area contributed by atoms with Crippen LogP contribution in [-0.2, 0) is 6.42 Å². The third-order valence-corrected chi connectivity index (χ3v) is 6.61. The number of hydrogen-bond acceptors (Lipinski definition) is 2. The Balaban J connectivity index is 1.55. The normalized spacial score (nSPS) is 19.7. The number of amides is 1. The minimum absolute atomic E-state index is 0.0534. The molecular weight excluding hydrogens is 360 g/mol. The summed E-state index contributed by atoms with van der Waals surface area (Å²) < 4.78 is 0. The second-order valence-corrected chi connectivity index (χ2v) is 9.06. The van der Waals surface area contributed by atoms with Gasteiger partial charge in [0.1, 0.15) is 0 Å². The number of likely N-dealkylation sites (tertiary alicyclic amines) is 1. The molecule has 1 aliphatic heterocycles. The van der Waals surface area contributed by atoms with Gasteiger partial charge in [0, 0.05) is 46.3 Å². The number of benzene rings is 1. The van der Waals surface area contributed by atoms with Crippen molar-refractivity contribution in [1.29, 1.82) is 0 Å². The molecular formula is C24H38N4O. The van der Waals surface area contributed by atoms with E-state index in [1.807, 2.05) is 25.2 Å². The molecule has 0 unspecified atom stereocenters. The summed E-state index contributed by atoms with van der Waals surface area (Å²) in [6.45, 7) is 3.09. The maximum absolute atomic E-state index is 12.2. The maximum atomic E-state index is 12.2. The summed E-state index contributed by atoms with van der Waals surface area (Å²) in [6.07, 6.45) is 11.9. The molecule has 160 valence electrons. The molecule has 29 heavy (non-hydrogen) atoms. The summed E-state index contributed by atoms with van der Waals surface area (Å²) in [5, 5.41) is 3.58. The van der Waals surface area contributed by atoms with Crippen LogP contribution in [0.2, 0.25) is 0 Å². The number of guanidine groups is 1. The van der Waals surface area contributed by atoms with Crippen molar-refractivity contribution in [2.45, 2.75) is 57.8 Å². The molecule has 2 fully saturated rings. The monoisotopic (exact) mass is 398 g/mol. The van der Waals surface area contributed by atoms with Crippen LogP contribution in [0.25, 0.3) is 0 Å². The maximum Gasteiger partial charge on any atom is 0.253 e. The summed E-state index contributed by atoms with van der Waals surface area (Å²) >= 11 is 0. The Morgan fingerprint density at radius 2 is 1.86 bits per heavy atom. The van der Waals surface area contributed by atoms with Gasteiger partial charge in [0.15, 0.2) is 5.96 Å². The van der Waals surface area contributed by atoms with Crippen molar-refractivity contribution in [1.82, 2.24) is 15.1 Å². The van der Waals surface area contributed by atoms with Crippen molar-refractivity contribution in [3.8, 4) is 0 Å². The van der Waals surface area contributed by atoms with E-state index in [1.54, 1.807) is 19.0 Å². The van der Waals surface area contributed by atoms with Crippen molar-refractivity contribution in [2.24, 2.45) is 10.4 Å². The zero-order chi connectivity index (χ0) is 20.7. The average Bonchev–Trinajstić information content (AvgIpc) is 2.96. The second-order valence-electron chi connectivity index (χ2n) is 9.06. The molecule has 1 aromatic carbocycles. The Morgan fingerprint density at radius 3 is 2.55 bits per heavy atom. The molecule has 2 aliphatic rings. The summed E-state index contributed by atoms with van der Waals surface area (Å²) in [4.78, 5) is 20.9. The Kier molecular flexibility index (Phi) is 7.57. The van der Waals surface area contributed by atoms with Crippen LogP contribution in [0.15, 0.2) is 29.3 Å².